The summed E-state index contributed by atoms with van der Waals surface area (Å²) in [5.41, 5.74) is 0. The predicted octanol–water partition coefficient (Wildman–Crippen LogP) is 5.00. The van der Waals surface area contributed by atoms with Gasteiger partial charge in [-0.25, -0.2) is 4.57 Å². The lowest BCUT2D eigenvalue weighted by atomic mass is 10.3. The van der Waals surface area contributed by atoms with Gasteiger partial charge in [0.1, 0.15) is 17.2 Å². The molecule has 4 aromatic rings. The molecule has 4 nitrogen and oxygen atoms in total. The van der Waals surface area contributed by atoms with E-state index in [0.717, 1.165) is 15.9 Å². The van der Waals surface area contributed by atoms with E-state index in [-0.39, 0.29) is 5.75 Å². The Labute approximate surface area is 177 Å². The molecular weight excluding hydrogens is 414 g/mol. The minimum atomic E-state index is -2.85. The predicted molar refractivity (Wildman–Crippen MR) is 124 cm³/mol. The summed E-state index contributed by atoms with van der Waals surface area (Å²) in [6.07, 6.45) is 0. The molecule has 0 bridgehead atoms. The van der Waals surface area contributed by atoms with E-state index in [1.165, 1.54) is 6.07 Å². The first-order valence-corrected chi connectivity index (χ1v) is 12.0. The number of benzene rings is 4. The van der Waals surface area contributed by atoms with E-state index in [0.29, 0.717) is 11.5 Å². The van der Waals surface area contributed by atoms with Crippen LogP contribution in [0.4, 0.5) is 0 Å². The van der Waals surface area contributed by atoms with Gasteiger partial charge in [0.15, 0.2) is 0 Å². The van der Waals surface area contributed by atoms with Crippen LogP contribution in [-0.4, -0.2) is 5.11 Å². The zero-order valence-electron chi connectivity index (χ0n) is 16.0. The summed E-state index contributed by atoms with van der Waals surface area (Å²) < 4.78 is 23.8. The zero-order chi connectivity index (χ0) is 20.8. The summed E-state index contributed by atoms with van der Waals surface area (Å²) in [6, 6.07) is 33.8. The number of phenols is 1. The van der Waals surface area contributed by atoms with Gasteiger partial charge in [-0.2, -0.15) is 0 Å². The van der Waals surface area contributed by atoms with E-state index in [4.69, 9.17) is 9.05 Å². The molecule has 0 aromatic heterocycles. The second-order valence-corrected chi connectivity index (χ2v) is 9.52. The van der Waals surface area contributed by atoms with Crippen molar-refractivity contribution in [2.24, 2.45) is 0 Å². The van der Waals surface area contributed by atoms with Gasteiger partial charge in [-0.3, -0.25) is 0 Å². The van der Waals surface area contributed by atoms with E-state index in [1.54, 1.807) is 36.4 Å². The second-order valence-electron chi connectivity index (χ2n) is 6.43. The smallest absolute Gasteiger partial charge is 0.418 e. The molecule has 1 atom stereocenters. The quantitative estimate of drug-likeness (QED) is 0.416. The van der Waals surface area contributed by atoms with Gasteiger partial charge in [0, 0.05) is 5.30 Å². The van der Waals surface area contributed by atoms with Gasteiger partial charge in [0.25, 0.3) is 0 Å². The number of hydrogen-bond donors (Lipinski definition) is 1. The fourth-order valence-electron chi connectivity index (χ4n) is 3.04. The minimum Gasteiger partial charge on any atom is -0.508 e. The highest BCUT2D eigenvalue weighted by atomic mass is 31.1. The van der Waals surface area contributed by atoms with Crippen LogP contribution in [0, 0.1) is 0 Å². The van der Waals surface area contributed by atoms with Crippen molar-refractivity contribution < 1.29 is 18.7 Å². The van der Waals surface area contributed by atoms with Gasteiger partial charge in [0.2, 0.25) is 0 Å². The molecule has 0 fully saturated rings. The van der Waals surface area contributed by atoms with Crippen molar-refractivity contribution in [2.45, 2.75) is 0 Å². The molecule has 0 aliphatic carbocycles. The Kier molecular flexibility index (Phi) is 6.49. The number of hydrogen-bond acceptors (Lipinski definition) is 4. The second kappa shape index (κ2) is 9.63. The maximum Gasteiger partial charge on any atom is 0.418 e. The Hall–Kier alpha value is -3.06. The van der Waals surface area contributed by atoms with Crippen LogP contribution in [0.2, 0.25) is 0 Å². The molecule has 1 N–H and O–H groups in total. The Morgan fingerprint density at radius 1 is 0.667 bits per heavy atom. The summed E-state index contributed by atoms with van der Waals surface area (Å²) in [5, 5.41) is 13.2. The average molecular weight is 434 g/mol. The SMILES string of the molecule is O=[PH](Oc1ccccc1)Oc1ccc(O)cc1P(c1ccccc1)c1ccccc1. The fraction of sp³-hybridized carbons (Fsp3) is 0. The molecule has 4 rings (SSSR count). The summed E-state index contributed by atoms with van der Waals surface area (Å²) in [7, 11) is -3.88. The lowest BCUT2D eigenvalue weighted by Gasteiger charge is -2.22. The highest BCUT2D eigenvalue weighted by Crippen LogP contribution is 2.40. The van der Waals surface area contributed by atoms with Gasteiger partial charge in [-0.05, 0) is 48.9 Å². The van der Waals surface area contributed by atoms with Crippen molar-refractivity contribution in [3.63, 3.8) is 0 Å². The van der Waals surface area contributed by atoms with E-state index in [1.807, 2.05) is 42.5 Å². The lowest BCUT2D eigenvalue weighted by Crippen LogP contribution is -2.21. The van der Waals surface area contributed by atoms with Crippen LogP contribution in [-0.2, 0) is 4.57 Å². The molecule has 6 heteroatoms. The Morgan fingerprint density at radius 2 is 1.20 bits per heavy atom. The van der Waals surface area contributed by atoms with Crippen LogP contribution >= 0.6 is 16.2 Å². The van der Waals surface area contributed by atoms with E-state index in [9.17, 15) is 9.67 Å². The summed E-state index contributed by atoms with van der Waals surface area (Å²) in [5.74, 6) is 1.04. The topological polar surface area (TPSA) is 55.8 Å². The molecular formula is C24H20O4P2. The molecule has 0 aliphatic heterocycles. The van der Waals surface area contributed by atoms with Crippen LogP contribution < -0.4 is 25.0 Å². The molecule has 1 unspecified atom stereocenters. The molecule has 0 saturated heterocycles. The Morgan fingerprint density at radius 3 is 1.77 bits per heavy atom. The standard InChI is InChI=1S/C24H20O4P2/c25-19-16-17-23(28-30(26)27-20-10-4-1-5-11-20)24(18-19)29(21-12-6-2-7-13-21)22-14-8-3-9-15-22/h1-18,25,30H. The third kappa shape index (κ3) is 4.91. The first-order valence-electron chi connectivity index (χ1n) is 9.39. The van der Waals surface area contributed by atoms with Crippen molar-refractivity contribution in [1.29, 1.82) is 0 Å². The van der Waals surface area contributed by atoms with Crippen LogP contribution in [0.25, 0.3) is 0 Å². The lowest BCUT2D eigenvalue weighted by molar-refractivity contribution is 0.416. The largest absolute Gasteiger partial charge is 0.508 e. The molecule has 0 aliphatic rings. The third-order valence-electron chi connectivity index (χ3n) is 4.35. The van der Waals surface area contributed by atoms with Gasteiger partial charge in [-0.15, -0.1) is 0 Å². The van der Waals surface area contributed by atoms with Crippen LogP contribution in [0.5, 0.6) is 17.2 Å². The highest BCUT2D eigenvalue weighted by Gasteiger charge is 2.22. The van der Waals surface area contributed by atoms with Crippen molar-refractivity contribution in [3.8, 4) is 17.2 Å². The molecule has 4 aromatic carbocycles. The van der Waals surface area contributed by atoms with E-state index >= 15 is 0 Å². The van der Waals surface area contributed by atoms with Gasteiger partial charge < -0.3 is 14.2 Å². The molecule has 0 radical (unpaired) electrons. The number of phenolic OH excluding ortho intramolecular Hbond substituents is 1. The third-order valence-corrected chi connectivity index (χ3v) is 7.60. The fourth-order valence-corrected chi connectivity index (χ4v) is 6.25. The van der Waals surface area contributed by atoms with Gasteiger partial charge in [0.05, 0.1) is 0 Å². The van der Waals surface area contributed by atoms with Crippen LogP contribution in [0.1, 0.15) is 0 Å². The van der Waals surface area contributed by atoms with Gasteiger partial charge in [-0.1, -0.05) is 78.9 Å². The van der Waals surface area contributed by atoms with Crippen LogP contribution in [0.3, 0.4) is 0 Å². The first kappa shape index (κ1) is 20.2. The highest BCUT2D eigenvalue weighted by molar-refractivity contribution is 7.80. The summed E-state index contributed by atoms with van der Waals surface area (Å²) >= 11 is 0. The Balaban J connectivity index is 1.72. The zero-order valence-corrected chi connectivity index (χ0v) is 17.9. The molecule has 0 saturated carbocycles. The normalized spacial score (nSPS) is 11.8. The maximum atomic E-state index is 12.6. The van der Waals surface area contributed by atoms with Crippen molar-refractivity contribution in [1.82, 2.24) is 0 Å². The van der Waals surface area contributed by atoms with Crippen molar-refractivity contribution >= 4 is 32.1 Å². The Bertz CT molecular complexity index is 1080. The number of aromatic hydroxyl groups is 1. The van der Waals surface area contributed by atoms with Gasteiger partial charge >= 0.3 is 8.25 Å². The minimum absolute atomic E-state index is 0.125. The summed E-state index contributed by atoms with van der Waals surface area (Å²) in [6.45, 7) is 0. The molecule has 0 spiro atoms. The van der Waals surface area contributed by atoms with E-state index < -0.39 is 16.2 Å². The maximum absolute atomic E-state index is 12.6. The molecule has 30 heavy (non-hydrogen) atoms. The van der Waals surface area contributed by atoms with E-state index in [2.05, 4.69) is 24.3 Å². The number of para-hydroxylation sites is 1. The first-order chi connectivity index (χ1) is 14.7. The number of rotatable bonds is 7. The van der Waals surface area contributed by atoms with Crippen molar-refractivity contribution in [2.75, 3.05) is 0 Å². The summed E-state index contributed by atoms with van der Waals surface area (Å²) in [4.78, 5) is 0. The molecule has 0 amide bonds. The molecule has 150 valence electrons. The monoisotopic (exact) mass is 434 g/mol. The van der Waals surface area contributed by atoms with Crippen molar-refractivity contribution in [3.05, 3.63) is 109 Å². The van der Waals surface area contributed by atoms with Crippen LogP contribution in [0.15, 0.2) is 109 Å². The molecule has 0 heterocycles. The average Bonchev–Trinajstić information content (AvgIpc) is 2.78.